The number of hydrogen-bond donors (Lipinski definition) is 1. The predicted molar refractivity (Wildman–Crippen MR) is 120 cm³/mol. The van der Waals surface area contributed by atoms with E-state index in [4.69, 9.17) is 21.1 Å². The lowest BCUT2D eigenvalue weighted by atomic mass is 10.2. The van der Waals surface area contributed by atoms with Crippen LogP contribution < -0.4 is 14.8 Å². The lowest BCUT2D eigenvalue weighted by Gasteiger charge is -2.16. The van der Waals surface area contributed by atoms with E-state index in [1.807, 2.05) is 55.5 Å². The molecule has 0 saturated heterocycles. The largest absolute Gasteiger partial charge is 0.490 e. The Morgan fingerprint density at radius 2 is 1.67 bits per heavy atom. The molecule has 0 aromatic heterocycles. The highest BCUT2D eigenvalue weighted by atomic mass is 127. The minimum Gasteiger partial charge on any atom is -0.490 e. The molecule has 5 heteroatoms. The van der Waals surface area contributed by atoms with E-state index >= 15 is 0 Å². The van der Waals surface area contributed by atoms with Crippen LogP contribution in [0.2, 0.25) is 5.02 Å². The minimum absolute atomic E-state index is 0.508. The van der Waals surface area contributed by atoms with Crippen molar-refractivity contribution in [2.75, 3.05) is 11.9 Å². The third kappa shape index (κ3) is 5.53. The number of anilines is 1. The molecule has 0 saturated carbocycles. The van der Waals surface area contributed by atoms with Gasteiger partial charge in [-0.3, -0.25) is 0 Å². The molecular weight excluding hydrogens is 473 g/mol. The van der Waals surface area contributed by atoms with Crippen molar-refractivity contribution in [3.05, 3.63) is 86.4 Å². The third-order valence-corrected chi connectivity index (χ3v) is 5.08. The average Bonchev–Trinajstić information content (AvgIpc) is 2.68. The normalized spacial score (nSPS) is 10.5. The van der Waals surface area contributed by atoms with E-state index in [9.17, 15) is 0 Å². The number of halogens is 2. The zero-order valence-corrected chi connectivity index (χ0v) is 18.0. The van der Waals surface area contributed by atoms with Crippen LogP contribution in [0.1, 0.15) is 18.1 Å². The Hall–Kier alpha value is -1.92. The third-order valence-electron chi connectivity index (χ3n) is 3.95. The van der Waals surface area contributed by atoms with Gasteiger partial charge in [-0.25, -0.2) is 0 Å². The standard InChI is InChI=1S/C22H21ClINO2/c1-2-26-21-13-17(14-25-20-11-7-6-10-18(20)23)12-19(24)22(21)27-15-16-8-4-3-5-9-16/h3-13,25H,2,14-15H2,1H3. The van der Waals surface area contributed by atoms with Crippen LogP contribution in [0, 0.1) is 3.57 Å². The summed E-state index contributed by atoms with van der Waals surface area (Å²) < 4.78 is 12.9. The summed E-state index contributed by atoms with van der Waals surface area (Å²) in [6.45, 7) is 3.72. The lowest BCUT2D eigenvalue weighted by Crippen LogP contribution is -2.05. The molecule has 0 aliphatic heterocycles. The van der Waals surface area contributed by atoms with Crippen molar-refractivity contribution in [1.29, 1.82) is 0 Å². The molecule has 0 amide bonds. The van der Waals surface area contributed by atoms with Crippen molar-refractivity contribution < 1.29 is 9.47 Å². The molecule has 0 unspecified atom stereocenters. The topological polar surface area (TPSA) is 30.5 Å². The predicted octanol–water partition coefficient (Wildman–Crippen LogP) is 6.53. The van der Waals surface area contributed by atoms with Crippen molar-refractivity contribution in [3.63, 3.8) is 0 Å². The van der Waals surface area contributed by atoms with E-state index in [2.05, 4.69) is 46.1 Å². The molecular formula is C22H21ClINO2. The molecule has 0 heterocycles. The zero-order valence-electron chi connectivity index (χ0n) is 15.0. The van der Waals surface area contributed by atoms with Gasteiger partial charge in [0.15, 0.2) is 11.5 Å². The molecule has 0 radical (unpaired) electrons. The van der Waals surface area contributed by atoms with Crippen molar-refractivity contribution in [2.24, 2.45) is 0 Å². The van der Waals surface area contributed by atoms with Crippen LogP contribution in [0.3, 0.4) is 0 Å². The highest BCUT2D eigenvalue weighted by Gasteiger charge is 2.13. The van der Waals surface area contributed by atoms with Gasteiger partial charge >= 0.3 is 0 Å². The molecule has 0 atom stereocenters. The molecule has 0 fully saturated rings. The number of rotatable bonds is 8. The molecule has 0 aliphatic rings. The second kappa shape index (κ2) is 9.85. The van der Waals surface area contributed by atoms with Crippen LogP contribution >= 0.6 is 34.2 Å². The Kier molecular flexibility index (Phi) is 7.24. The van der Waals surface area contributed by atoms with E-state index in [1.54, 1.807) is 0 Å². The van der Waals surface area contributed by atoms with Crippen molar-refractivity contribution >= 4 is 39.9 Å². The Balaban J connectivity index is 1.76. The molecule has 3 rings (SSSR count). The van der Waals surface area contributed by atoms with E-state index in [0.29, 0.717) is 24.8 Å². The van der Waals surface area contributed by atoms with E-state index in [0.717, 1.165) is 31.9 Å². The number of hydrogen-bond acceptors (Lipinski definition) is 3. The van der Waals surface area contributed by atoms with Gasteiger partial charge < -0.3 is 14.8 Å². The number of ether oxygens (including phenoxy) is 2. The fraction of sp³-hybridized carbons (Fsp3) is 0.182. The van der Waals surface area contributed by atoms with Crippen molar-refractivity contribution in [3.8, 4) is 11.5 Å². The maximum atomic E-state index is 6.22. The van der Waals surface area contributed by atoms with Crippen LogP contribution in [0.25, 0.3) is 0 Å². The maximum Gasteiger partial charge on any atom is 0.174 e. The van der Waals surface area contributed by atoms with Gasteiger partial charge in [0.05, 0.1) is 20.9 Å². The SMILES string of the molecule is CCOc1cc(CNc2ccccc2Cl)cc(I)c1OCc1ccccc1. The quantitative estimate of drug-likeness (QED) is 0.362. The Labute approximate surface area is 178 Å². The Morgan fingerprint density at radius 3 is 2.41 bits per heavy atom. The van der Waals surface area contributed by atoms with Crippen LogP contribution in [0.15, 0.2) is 66.7 Å². The smallest absolute Gasteiger partial charge is 0.174 e. The van der Waals surface area contributed by atoms with Gasteiger partial charge in [-0.2, -0.15) is 0 Å². The molecule has 3 aromatic carbocycles. The van der Waals surface area contributed by atoms with Gasteiger partial charge in [-0.1, -0.05) is 54.1 Å². The van der Waals surface area contributed by atoms with Crippen LogP contribution in [-0.2, 0) is 13.2 Å². The maximum absolute atomic E-state index is 6.22. The summed E-state index contributed by atoms with van der Waals surface area (Å²) in [5.74, 6) is 1.54. The van der Waals surface area contributed by atoms with Crippen LogP contribution in [0.4, 0.5) is 5.69 Å². The Morgan fingerprint density at radius 1 is 0.926 bits per heavy atom. The minimum atomic E-state index is 0.508. The van der Waals surface area contributed by atoms with Crippen LogP contribution in [0.5, 0.6) is 11.5 Å². The molecule has 0 aliphatic carbocycles. The monoisotopic (exact) mass is 493 g/mol. The lowest BCUT2D eigenvalue weighted by molar-refractivity contribution is 0.267. The molecule has 0 bridgehead atoms. The molecule has 0 spiro atoms. The first kappa shape index (κ1) is 19.8. The van der Waals surface area contributed by atoms with Crippen molar-refractivity contribution in [2.45, 2.75) is 20.1 Å². The van der Waals surface area contributed by atoms with Gasteiger partial charge in [0.1, 0.15) is 6.61 Å². The second-order valence-corrected chi connectivity index (χ2v) is 7.51. The number of para-hydroxylation sites is 1. The highest BCUT2D eigenvalue weighted by molar-refractivity contribution is 14.1. The summed E-state index contributed by atoms with van der Waals surface area (Å²) in [7, 11) is 0. The molecule has 27 heavy (non-hydrogen) atoms. The van der Waals surface area contributed by atoms with Gasteiger partial charge in [-0.05, 0) is 64.9 Å². The summed E-state index contributed by atoms with van der Waals surface area (Å²) in [6.07, 6.45) is 0. The number of nitrogens with one attached hydrogen (secondary N) is 1. The second-order valence-electron chi connectivity index (χ2n) is 5.95. The first-order chi connectivity index (χ1) is 13.2. The van der Waals surface area contributed by atoms with Gasteiger partial charge in [0.2, 0.25) is 0 Å². The van der Waals surface area contributed by atoms with E-state index in [-0.39, 0.29) is 0 Å². The summed E-state index contributed by atoms with van der Waals surface area (Å²) >= 11 is 8.52. The fourth-order valence-corrected chi connectivity index (χ4v) is 3.68. The molecule has 140 valence electrons. The molecule has 3 aromatic rings. The highest BCUT2D eigenvalue weighted by Crippen LogP contribution is 2.35. The first-order valence-corrected chi connectivity index (χ1v) is 10.2. The average molecular weight is 494 g/mol. The number of benzene rings is 3. The van der Waals surface area contributed by atoms with Gasteiger partial charge in [0.25, 0.3) is 0 Å². The van der Waals surface area contributed by atoms with Gasteiger partial charge in [0, 0.05) is 6.54 Å². The van der Waals surface area contributed by atoms with Crippen LogP contribution in [-0.4, -0.2) is 6.61 Å². The molecule has 1 N–H and O–H groups in total. The fourth-order valence-electron chi connectivity index (χ4n) is 2.66. The summed E-state index contributed by atoms with van der Waals surface area (Å²) in [5.41, 5.74) is 3.14. The first-order valence-electron chi connectivity index (χ1n) is 8.77. The zero-order chi connectivity index (χ0) is 19.1. The summed E-state index contributed by atoms with van der Waals surface area (Å²) in [4.78, 5) is 0. The van der Waals surface area contributed by atoms with Gasteiger partial charge in [-0.15, -0.1) is 0 Å². The van der Waals surface area contributed by atoms with Crippen molar-refractivity contribution in [1.82, 2.24) is 0 Å². The Bertz CT molecular complexity index is 887. The summed E-state index contributed by atoms with van der Waals surface area (Å²) in [5, 5.41) is 4.08. The van der Waals surface area contributed by atoms with E-state index < -0.39 is 0 Å². The van der Waals surface area contributed by atoms with E-state index in [1.165, 1.54) is 0 Å². The molecule has 3 nitrogen and oxygen atoms in total. The summed E-state index contributed by atoms with van der Waals surface area (Å²) in [6, 6.07) is 22.0.